The molecule has 2 saturated carbocycles. The van der Waals surface area contributed by atoms with E-state index in [0.29, 0.717) is 5.78 Å². The van der Waals surface area contributed by atoms with Gasteiger partial charge in [-0.1, -0.05) is 36.7 Å². The fourth-order valence-electron chi connectivity index (χ4n) is 2.83. The Morgan fingerprint density at radius 2 is 1.83 bits per heavy atom. The van der Waals surface area contributed by atoms with Crippen molar-refractivity contribution in [2.75, 3.05) is 0 Å². The summed E-state index contributed by atoms with van der Waals surface area (Å²) in [4.78, 5) is 12.0. The molecule has 0 spiro atoms. The Labute approximate surface area is 82.0 Å². The van der Waals surface area contributed by atoms with Gasteiger partial charge in [0.1, 0.15) is 0 Å². The molecule has 68 valence electrons. The monoisotopic (exact) mass is 230 g/mol. The maximum atomic E-state index is 12.0. The molecule has 2 aliphatic carbocycles. The van der Waals surface area contributed by atoms with E-state index < -0.39 is 0 Å². The molecule has 0 aromatic rings. The van der Waals surface area contributed by atoms with E-state index in [0.717, 1.165) is 12.8 Å². The van der Waals surface area contributed by atoms with Crippen molar-refractivity contribution in [1.29, 1.82) is 0 Å². The van der Waals surface area contributed by atoms with E-state index in [9.17, 15) is 4.79 Å². The average Bonchev–Trinajstić information content (AvgIpc) is 2.32. The van der Waals surface area contributed by atoms with Gasteiger partial charge in [-0.2, -0.15) is 0 Å². The number of halogens is 1. The summed E-state index contributed by atoms with van der Waals surface area (Å²) in [7, 11) is 0. The van der Waals surface area contributed by atoms with Crippen molar-refractivity contribution in [1.82, 2.24) is 0 Å². The zero-order valence-electron chi connectivity index (χ0n) is 7.91. The lowest BCUT2D eigenvalue weighted by molar-refractivity contribution is -0.131. The van der Waals surface area contributed by atoms with E-state index in [4.69, 9.17) is 0 Å². The summed E-state index contributed by atoms with van der Waals surface area (Å²) in [6.45, 7) is 6.44. The van der Waals surface area contributed by atoms with Crippen molar-refractivity contribution < 1.29 is 4.79 Å². The summed E-state index contributed by atoms with van der Waals surface area (Å²) in [6, 6.07) is 0. The van der Waals surface area contributed by atoms with Crippen LogP contribution in [0.5, 0.6) is 0 Å². The van der Waals surface area contributed by atoms with E-state index in [1.807, 2.05) is 0 Å². The van der Waals surface area contributed by atoms with Gasteiger partial charge in [0.2, 0.25) is 0 Å². The molecular weight excluding hydrogens is 216 g/mol. The normalized spacial score (nSPS) is 50.2. The molecule has 0 aromatic heterocycles. The minimum Gasteiger partial charge on any atom is -0.297 e. The summed E-state index contributed by atoms with van der Waals surface area (Å²) < 4.78 is -0.161. The van der Waals surface area contributed by atoms with Gasteiger partial charge in [0.15, 0.2) is 5.78 Å². The molecule has 0 heterocycles. The Morgan fingerprint density at radius 3 is 2.08 bits per heavy atom. The molecule has 0 unspecified atom stereocenters. The van der Waals surface area contributed by atoms with Gasteiger partial charge in [0.05, 0.1) is 4.32 Å². The molecule has 12 heavy (non-hydrogen) atoms. The second-order valence-corrected chi connectivity index (χ2v) is 6.67. The number of alkyl halides is 1. The van der Waals surface area contributed by atoms with E-state index in [-0.39, 0.29) is 15.2 Å². The quantitative estimate of drug-likeness (QED) is 0.586. The Balaban J connectivity index is 2.51. The van der Waals surface area contributed by atoms with Gasteiger partial charge in [0, 0.05) is 5.41 Å². The predicted octanol–water partition coefficient (Wildman–Crippen LogP) is 2.92. The number of ketones is 1. The van der Waals surface area contributed by atoms with E-state index in [1.165, 1.54) is 6.42 Å². The van der Waals surface area contributed by atoms with Gasteiger partial charge in [-0.05, 0) is 24.7 Å². The second-order valence-electron chi connectivity index (χ2n) is 5.16. The topological polar surface area (TPSA) is 17.1 Å². The number of Topliss-reactive ketones (excluding diaryl/α,β-unsaturated/α-hetero) is 1. The van der Waals surface area contributed by atoms with Crippen molar-refractivity contribution in [3.63, 3.8) is 0 Å². The average molecular weight is 231 g/mol. The molecule has 1 nitrogen and oxygen atoms in total. The Hall–Kier alpha value is 0.150. The van der Waals surface area contributed by atoms with Crippen LogP contribution in [0.4, 0.5) is 0 Å². The minimum absolute atomic E-state index is 0.116. The molecule has 2 heteroatoms. The lowest BCUT2D eigenvalue weighted by Crippen LogP contribution is -2.41. The number of carbonyl (C=O) groups is 1. The highest BCUT2D eigenvalue weighted by molar-refractivity contribution is 9.10. The Kier molecular flexibility index (Phi) is 1.43. The first-order valence-corrected chi connectivity index (χ1v) is 5.35. The van der Waals surface area contributed by atoms with Crippen LogP contribution in [0.2, 0.25) is 0 Å². The molecule has 0 amide bonds. The van der Waals surface area contributed by atoms with Crippen molar-refractivity contribution in [2.24, 2.45) is 10.8 Å². The zero-order chi connectivity index (χ0) is 9.20. The molecule has 2 rings (SSSR count). The van der Waals surface area contributed by atoms with Gasteiger partial charge >= 0.3 is 0 Å². The summed E-state index contributed by atoms with van der Waals surface area (Å²) >= 11 is 3.61. The summed E-state index contributed by atoms with van der Waals surface area (Å²) in [6.07, 6.45) is 3.26. The molecule has 0 aliphatic heterocycles. The largest absolute Gasteiger partial charge is 0.297 e. The fraction of sp³-hybridized carbons (Fsp3) is 0.900. The first-order chi connectivity index (χ1) is 5.32. The molecule has 0 radical (unpaired) electrons. The van der Waals surface area contributed by atoms with Gasteiger partial charge in [0.25, 0.3) is 0 Å². The number of carbonyl (C=O) groups excluding carboxylic acids is 1. The van der Waals surface area contributed by atoms with Crippen LogP contribution in [0.3, 0.4) is 0 Å². The number of fused-ring (bicyclic) bond motifs is 2. The van der Waals surface area contributed by atoms with Gasteiger partial charge in [-0.15, -0.1) is 0 Å². The molecule has 0 saturated heterocycles. The third-order valence-electron chi connectivity index (χ3n) is 4.23. The zero-order valence-corrected chi connectivity index (χ0v) is 9.49. The Morgan fingerprint density at radius 1 is 1.25 bits per heavy atom. The van der Waals surface area contributed by atoms with Crippen LogP contribution in [0.15, 0.2) is 0 Å². The Bertz CT molecular complexity index is 259. The number of hydrogen-bond acceptors (Lipinski definition) is 1. The van der Waals surface area contributed by atoms with E-state index >= 15 is 0 Å². The maximum Gasteiger partial charge on any atom is 0.155 e. The summed E-state index contributed by atoms with van der Waals surface area (Å²) in [5.74, 6) is 0.420. The van der Waals surface area contributed by atoms with Crippen LogP contribution < -0.4 is 0 Å². The molecule has 0 aromatic carbocycles. The lowest BCUT2D eigenvalue weighted by Gasteiger charge is -2.38. The van der Waals surface area contributed by atoms with Gasteiger partial charge in [-0.25, -0.2) is 0 Å². The van der Waals surface area contributed by atoms with E-state index in [2.05, 4.69) is 36.7 Å². The van der Waals surface area contributed by atoms with Crippen LogP contribution in [-0.2, 0) is 4.79 Å². The highest BCUT2D eigenvalue weighted by atomic mass is 79.9. The smallest absolute Gasteiger partial charge is 0.155 e. The summed E-state index contributed by atoms with van der Waals surface area (Å²) in [5, 5.41) is 0. The third kappa shape index (κ3) is 0.729. The van der Waals surface area contributed by atoms with Crippen molar-refractivity contribution in [2.45, 2.75) is 44.4 Å². The van der Waals surface area contributed by atoms with Crippen molar-refractivity contribution in [3.05, 3.63) is 0 Å². The number of rotatable bonds is 0. The number of hydrogen-bond donors (Lipinski definition) is 0. The van der Waals surface area contributed by atoms with Crippen molar-refractivity contribution in [3.8, 4) is 0 Å². The second kappa shape index (κ2) is 1.97. The predicted molar refractivity (Wildman–Crippen MR) is 52.4 cm³/mol. The van der Waals surface area contributed by atoms with Gasteiger partial charge in [-0.3, -0.25) is 4.79 Å². The molecular formula is C10H15BrO. The minimum atomic E-state index is -0.161. The highest BCUT2D eigenvalue weighted by Crippen LogP contribution is 2.66. The lowest BCUT2D eigenvalue weighted by atomic mass is 9.66. The van der Waals surface area contributed by atoms with Crippen LogP contribution in [-0.4, -0.2) is 10.1 Å². The first kappa shape index (κ1) is 8.74. The molecule has 2 aliphatic rings. The maximum absolute atomic E-state index is 12.0. The molecule has 2 atom stereocenters. The molecule has 2 bridgehead atoms. The van der Waals surface area contributed by atoms with Crippen LogP contribution in [0.1, 0.15) is 40.0 Å². The SMILES string of the molecule is CC1(C)C(=O)[C@@]2(Br)CC[C@]1(C)C2. The van der Waals surface area contributed by atoms with Crippen LogP contribution in [0, 0.1) is 10.8 Å². The van der Waals surface area contributed by atoms with Crippen LogP contribution >= 0.6 is 15.9 Å². The molecule has 0 N–H and O–H groups in total. The standard InChI is InChI=1S/C10H15BrO/c1-8(2)7(12)10(11)5-4-9(8,3)6-10/h4-6H2,1-3H3/t9-,10-/m1/s1. The van der Waals surface area contributed by atoms with Crippen molar-refractivity contribution >= 4 is 21.7 Å². The van der Waals surface area contributed by atoms with Crippen LogP contribution in [0.25, 0.3) is 0 Å². The first-order valence-electron chi connectivity index (χ1n) is 4.56. The summed E-state index contributed by atoms with van der Waals surface area (Å²) in [5.41, 5.74) is 0.127. The van der Waals surface area contributed by atoms with Gasteiger partial charge < -0.3 is 0 Å². The molecule has 2 fully saturated rings. The van der Waals surface area contributed by atoms with E-state index in [1.54, 1.807) is 0 Å². The fourth-order valence-corrected chi connectivity index (χ4v) is 4.14. The third-order valence-corrected chi connectivity index (χ3v) is 5.26. The highest BCUT2D eigenvalue weighted by Gasteiger charge is 2.66.